The Morgan fingerprint density at radius 3 is 2.33 bits per heavy atom. The molecule has 27 heavy (non-hydrogen) atoms. The van der Waals surface area contributed by atoms with Crippen LogP contribution in [0.1, 0.15) is 25.0 Å². The van der Waals surface area contributed by atoms with Crippen molar-refractivity contribution in [1.82, 2.24) is 5.32 Å². The minimum absolute atomic E-state index is 0.266. The Bertz CT molecular complexity index is 754. The van der Waals surface area contributed by atoms with Crippen LogP contribution in [0.25, 0.3) is 6.08 Å². The van der Waals surface area contributed by atoms with Gasteiger partial charge in [-0.15, -0.1) is 0 Å². The molecule has 2 aromatic rings. The van der Waals surface area contributed by atoms with Gasteiger partial charge >= 0.3 is 5.97 Å². The molecule has 0 heterocycles. The quantitative estimate of drug-likeness (QED) is 0.545. The minimum Gasteiger partial charge on any atom is -0.494 e. The standard InChI is InChI=1S/C22H25NO4/c1-3-26-19-13-10-17(11-14-19)12-15-21(24)23-20(22(25)27-4-2)16-18-8-6-5-7-9-18/h5-15,20H,3-4,16H2,1-2H3,(H,23,24)/b15-12+/t20-/m0/s1. The van der Waals surface area contributed by atoms with E-state index in [-0.39, 0.29) is 12.5 Å². The lowest BCUT2D eigenvalue weighted by molar-refractivity contribution is -0.146. The lowest BCUT2D eigenvalue weighted by atomic mass is 10.1. The second-order valence-corrected chi connectivity index (χ2v) is 5.84. The van der Waals surface area contributed by atoms with Crippen molar-refractivity contribution in [2.24, 2.45) is 0 Å². The van der Waals surface area contributed by atoms with Gasteiger partial charge in [-0.05, 0) is 43.2 Å². The molecule has 0 aliphatic carbocycles. The maximum Gasteiger partial charge on any atom is 0.328 e. The molecule has 0 unspecified atom stereocenters. The highest BCUT2D eigenvalue weighted by Crippen LogP contribution is 2.13. The van der Waals surface area contributed by atoms with E-state index in [1.165, 1.54) is 6.08 Å². The van der Waals surface area contributed by atoms with Crippen molar-refractivity contribution in [3.8, 4) is 5.75 Å². The van der Waals surface area contributed by atoms with E-state index < -0.39 is 12.0 Å². The molecule has 1 N–H and O–H groups in total. The minimum atomic E-state index is -0.732. The van der Waals surface area contributed by atoms with Gasteiger partial charge in [0.1, 0.15) is 11.8 Å². The second-order valence-electron chi connectivity index (χ2n) is 5.84. The Kier molecular flexibility index (Phi) is 8.10. The largest absolute Gasteiger partial charge is 0.494 e. The summed E-state index contributed by atoms with van der Waals surface area (Å²) in [6.45, 7) is 4.54. The number of ether oxygens (including phenoxy) is 2. The molecule has 2 rings (SSSR count). The Morgan fingerprint density at radius 1 is 1.00 bits per heavy atom. The van der Waals surface area contributed by atoms with Crippen molar-refractivity contribution < 1.29 is 19.1 Å². The predicted octanol–water partition coefficient (Wildman–Crippen LogP) is 3.39. The fourth-order valence-electron chi connectivity index (χ4n) is 2.52. The maximum absolute atomic E-state index is 12.3. The highest BCUT2D eigenvalue weighted by molar-refractivity contribution is 5.94. The number of carbonyl (C=O) groups is 2. The number of nitrogens with one attached hydrogen (secondary N) is 1. The molecule has 0 radical (unpaired) electrons. The Balaban J connectivity index is 2.00. The van der Waals surface area contributed by atoms with Gasteiger partial charge in [0.2, 0.25) is 5.91 Å². The summed E-state index contributed by atoms with van der Waals surface area (Å²) in [6, 6.07) is 16.2. The lowest BCUT2D eigenvalue weighted by Crippen LogP contribution is -2.42. The molecule has 1 amide bonds. The summed E-state index contributed by atoms with van der Waals surface area (Å²) < 4.78 is 10.5. The van der Waals surface area contributed by atoms with Crippen molar-refractivity contribution in [3.05, 3.63) is 71.8 Å². The summed E-state index contributed by atoms with van der Waals surface area (Å²) in [5, 5.41) is 2.73. The second kappa shape index (κ2) is 10.8. The van der Waals surface area contributed by atoms with Crippen LogP contribution in [-0.2, 0) is 20.7 Å². The van der Waals surface area contributed by atoms with E-state index in [9.17, 15) is 9.59 Å². The van der Waals surface area contributed by atoms with Gasteiger partial charge in [-0.1, -0.05) is 42.5 Å². The van der Waals surface area contributed by atoms with Crippen molar-refractivity contribution in [2.45, 2.75) is 26.3 Å². The van der Waals surface area contributed by atoms with Crippen LogP contribution in [0, 0.1) is 0 Å². The molecule has 1 atom stereocenters. The fraction of sp³-hybridized carbons (Fsp3) is 0.273. The van der Waals surface area contributed by atoms with Gasteiger partial charge in [0.05, 0.1) is 13.2 Å². The fourth-order valence-corrected chi connectivity index (χ4v) is 2.52. The summed E-state index contributed by atoms with van der Waals surface area (Å²) in [6.07, 6.45) is 3.48. The normalized spacial score (nSPS) is 11.8. The van der Waals surface area contributed by atoms with Gasteiger partial charge in [0.15, 0.2) is 0 Å². The molecule has 5 heteroatoms. The van der Waals surface area contributed by atoms with Crippen molar-refractivity contribution in [2.75, 3.05) is 13.2 Å². The van der Waals surface area contributed by atoms with Crippen LogP contribution in [0.15, 0.2) is 60.7 Å². The molecule has 0 saturated heterocycles. The van der Waals surface area contributed by atoms with Gasteiger partial charge in [-0.3, -0.25) is 4.79 Å². The zero-order valence-corrected chi connectivity index (χ0v) is 15.7. The van der Waals surface area contributed by atoms with E-state index >= 15 is 0 Å². The average Bonchev–Trinajstić information content (AvgIpc) is 2.68. The molecule has 0 aliphatic rings. The van der Waals surface area contributed by atoms with E-state index in [2.05, 4.69) is 5.32 Å². The summed E-state index contributed by atoms with van der Waals surface area (Å²) >= 11 is 0. The molecule has 142 valence electrons. The van der Waals surface area contributed by atoms with E-state index in [1.54, 1.807) is 13.0 Å². The number of hydrogen-bond acceptors (Lipinski definition) is 4. The van der Waals surface area contributed by atoms with E-state index in [0.29, 0.717) is 13.0 Å². The first-order valence-corrected chi connectivity index (χ1v) is 9.04. The van der Waals surface area contributed by atoms with Crippen LogP contribution < -0.4 is 10.1 Å². The van der Waals surface area contributed by atoms with Gasteiger partial charge < -0.3 is 14.8 Å². The molecule has 0 bridgehead atoms. The molecule has 0 saturated carbocycles. The SMILES string of the molecule is CCOC(=O)[C@H](Cc1ccccc1)NC(=O)/C=C/c1ccc(OCC)cc1. The van der Waals surface area contributed by atoms with Gasteiger partial charge in [0, 0.05) is 12.5 Å². The highest BCUT2D eigenvalue weighted by atomic mass is 16.5. The average molecular weight is 367 g/mol. The Labute approximate surface area is 160 Å². The third-order valence-electron chi connectivity index (χ3n) is 3.79. The van der Waals surface area contributed by atoms with E-state index in [1.807, 2.05) is 61.5 Å². The smallest absolute Gasteiger partial charge is 0.328 e. The van der Waals surface area contributed by atoms with Crippen molar-refractivity contribution >= 4 is 18.0 Å². The third kappa shape index (κ3) is 6.98. The topological polar surface area (TPSA) is 64.6 Å². The van der Waals surface area contributed by atoms with Crippen LogP contribution in [-0.4, -0.2) is 31.1 Å². The first-order chi connectivity index (χ1) is 13.1. The van der Waals surface area contributed by atoms with Crippen LogP contribution in [0.3, 0.4) is 0 Å². The highest BCUT2D eigenvalue weighted by Gasteiger charge is 2.21. The van der Waals surface area contributed by atoms with Gasteiger partial charge in [0.25, 0.3) is 0 Å². The van der Waals surface area contributed by atoms with Crippen molar-refractivity contribution in [3.63, 3.8) is 0 Å². The summed E-state index contributed by atoms with van der Waals surface area (Å²) in [4.78, 5) is 24.4. The number of hydrogen-bond donors (Lipinski definition) is 1. The molecular formula is C22H25NO4. The Hall–Kier alpha value is -3.08. The van der Waals surface area contributed by atoms with Crippen molar-refractivity contribution in [1.29, 1.82) is 0 Å². The summed E-state index contributed by atoms with van der Waals surface area (Å²) in [5.74, 6) is -0.00798. The molecule has 0 fully saturated rings. The number of carbonyl (C=O) groups excluding carboxylic acids is 2. The van der Waals surface area contributed by atoms with Crippen LogP contribution in [0.2, 0.25) is 0 Å². The van der Waals surface area contributed by atoms with Gasteiger partial charge in [-0.25, -0.2) is 4.79 Å². The first-order valence-electron chi connectivity index (χ1n) is 9.04. The number of benzene rings is 2. The van der Waals surface area contributed by atoms with Gasteiger partial charge in [-0.2, -0.15) is 0 Å². The third-order valence-corrected chi connectivity index (χ3v) is 3.79. The number of amides is 1. The first kappa shape index (κ1) is 20.2. The number of rotatable bonds is 9. The van der Waals surface area contributed by atoms with Crippen LogP contribution in [0.4, 0.5) is 0 Å². The van der Waals surface area contributed by atoms with E-state index in [0.717, 1.165) is 16.9 Å². The summed E-state index contributed by atoms with van der Waals surface area (Å²) in [5.41, 5.74) is 1.82. The number of esters is 1. The molecular weight excluding hydrogens is 342 g/mol. The predicted molar refractivity (Wildman–Crippen MR) is 105 cm³/mol. The van der Waals surface area contributed by atoms with Crippen LogP contribution >= 0.6 is 0 Å². The lowest BCUT2D eigenvalue weighted by Gasteiger charge is -2.16. The molecule has 0 aliphatic heterocycles. The molecule has 5 nitrogen and oxygen atoms in total. The Morgan fingerprint density at radius 2 is 1.70 bits per heavy atom. The van der Waals surface area contributed by atoms with Crippen LogP contribution in [0.5, 0.6) is 5.75 Å². The maximum atomic E-state index is 12.3. The molecule has 2 aromatic carbocycles. The monoisotopic (exact) mass is 367 g/mol. The molecule has 0 aromatic heterocycles. The zero-order chi connectivity index (χ0) is 19.5. The van der Waals surface area contributed by atoms with E-state index in [4.69, 9.17) is 9.47 Å². The summed E-state index contributed by atoms with van der Waals surface area (Å²) in [7, 11) is 0. The molecule has 0 spiro atoms. The zero-order valence-electron chi connectivity index (χ0n) is 15.7.